The summed E-state index contributed by atoms with van der Waals surface area (Å²) in [7, 11) is 3.22. The Morgan fingerprint density at radius 1 is 1.11 bits per heavy atom. The zero-order valence-corrected chi connectivity index (χ0v) is 28.7. The fraction of sp³-hybridized carbons (Fsp3) is 0.714. The number of nitrogens with one attached hydrogen (secondary N) is 1. The molecule has 3 aliphatic rings. The van der Waals surface area contributed by atoms with E-state index in [0.717, 1.165) is 37.8 Å². The molecule has 0 aromatic heterocycles. The Labute approximate surface area is 272 Å². The van der Waals surface area contributed by atoms with Crippen molar-refractivity contribution < 1.29 is 37.5 Å². The molecule has 2 saturated heterocycles. The molecule has 4 amide bonds. The van der Waals surface area contributed by atoms with Crippen LogP contribution in [-0.2, 0) is 19.2 Å². The number of likely N-dealkylation sites (N-methyl/N-ethyl adjacent to an activating group) is 2. The van der Waals surface area contributed by atoms with Crippen molar-refractivity contribution in [1.82, 2.24) is 15.1 Å². The summed E-state index contributed by atoms with van der Waals surface area (Å²) in [5, 5.41) is 12.9. The molecule has 11 heteroatoms. The number of amides is 4. The van der Waals surface area contributed by atoms with E-state index in [1.54, 1.807) is 39.6 Å². The van der Waals surface area contributed by atoms with Crippen molar-refractivity contribution >= 4 is 23.6 Å². The second-order valence-electron chi connectivity index (χ2n) is 15.7. The van der Waals surface area contributed by atoms with Gasteiger partial charge >= 0.3 is 5.91 Å². The van der Waals surface area contributed by atoms with Gasteiger partial charge in [-0.25, -0.2) is 13.6 Å². The van der Waals surface area contributed by atoms with E-state index >= 15 is 4.39 Å². The molecule has 1 aromatic rings. The van der Waals surface area contributed by atoms with Crippen molar-refractivity contribution in [2.75, 3.05) is 40.3 Å². The van der Waals surface area contributed by atoms with Crippen molar-refractivity contribution in [3.63, 3.8) is 0 Å². The Morgan fingerprint density at radius 3 is 2.28 bits per heavy atom. The Morgan fingerprint density at radius 2 is 1.74 bits per heavy atom. The second kappa shape index (κ2) is 13.3. The number of hydrogen-bond donors (Lipinski definition) is 2. The van der Waals surface area contributed by atoms with Crippen LogP contribution >= 0.6 is 0 Å². The highest BCUT2D eigenvalue weighted by Gasteiger charge is 2.59. The first-order chi connectivity index (χ1) is 21.4. The summed E-state index contributed by atoms with van der Waals surface area (Å²) >= 11 is 0. The number of quaternary nitrogens is 1. The Balaban J connectivity index is 1.75. The van der Waals surface area contributed by atoms with Gasteiger partial charge in [0, 0.05) is 50.5 Å². The van der Waals surface area contributed by atoms with Crippen LogP contribution in [0, 0.1) is 34.3 Å². The van der Waals surface area contributed by atoms with E-state index in [-0.39, 0.29) is 83.7 Å². The van der Waals surface area contributed by atoms with Gasteiger partial charge in [-0.3, -0.25) is 18.9 Å². The predicted octanol–water partition coefficient (Wildman–Crippen LogP) is 3.84. The smallest absolute Gasteiger partial charge is 0.319 e. The average molecular weight is 648 g/mol. The number of aliphatic hydroxyl groups is 1. The van der Waals surface area contributed by atoms with Crippen LogP contribution in [0.1, 0.15) is 85.1 Å². The van der Waals surface area contributed by atoms with Crippen LogP contribution < -0.4 is 5.32 Å². The Kier molecular flexibility index (Phi) is 10.4. The standard InChI is InChI=1S/C35H52F2N4O5/c1-21(2)31(44)39-17-26(25-10-9-22(36)15-28(25)37)27(18-39)32(45)41(8)19-24(16-29(41)30(43)38-7)40(33(46)35(5,6)20-42)23-11-13-34(3,4)14-12-23/h9-10,15,21,23-24,26-27,29,42H,11-14,16-20H2,1-8H3/p+1/t24-,26-,27+,29-,41?/m0/s1. The number of aliphatic hydroxyl groups excluding tert-OH is 1. The molecule has 0 spiro atoms. The number of rotatable bonds is 8. The lowest BCUT2D eigenvalue weighted by molar-refractivity contribution is -0.840. The molecule has 46 heavy (non-hydrogen) atoms. The van der Waals surface area contributed by atoms with E-state index in [1.807, 2.05) is 4.90 Å². The van der Waals surface area contributed by atoms with Gasteiger partial charge in [-0.2, -0.15) is 0 Å². The van der Waals surface area contributed by atoms with Crippen molar-refractivity contribution in [2.24, 2.45) is 22.7 Å². The van der Waals surface area contributed by atoms with Gasteiger partial charge in [0.2, 0.25) is 11.8 Å². The third-order valence-electron chi connectivity index (χ3n) is 10.9. The minimum atomic E-state index is -1.06. The highest BCUT2D eigenvalue weighted by atomic mass is 19.1. The number of hydrogen-bond acceptors (Lipinski definition) is 5. The summed E-state index contributed by atoms with van der Waals surface area (Å²) < 4.78 is 28.8. The average Bonchev–Trinajstić information content (AvgIpc) is 3.59. The van der Waals surface area contributed by atoms with Gasteiger partial charge in [-0.1, -0.05) is 33.8 Å². The van der Waals surface area contributed by atoms with Crippen molar-refractivity contribution in [3.05, 3.63) is 35.4 Å². The number of nitrogens with zero attached hydrogens (tertiary/aromatic N) is 3. The molecule has 1 saturated carbocycles. The molecule has 2 heterocycles. The van der Waals surface area contributed by atoms with Crippen molar-refractivity contribution in [2.45, 2.75) is 97.7 Å². The Bertz CT molecular complexity index is 1340. The third-order valence-corrected chi connectivity index (χ3v) is 10.9. The van der Waals surface area contributed by atoms with Crippen LogP contribution in [0.5, 0.6) is 0 Å². The summed E-state index contributed by atoms with van der Waals surface area (Å²) in [6, 6.07) is 1.89. The summed E-state index contributed by atoms with van der Waals surface area (Å²) in [6.07, 6.45) is 3.64. The normalized spacial score (nSPS) is 28.4. The van der Waals surface area contributed by atoms with E-state index in [4.69, 9.17) is 0 Å². The van der Waals surface area contributed by atoms with Gasteiger partial charge < -0.3 is 20.2 Å². The zero-order chi connectivity index (χ0) is 34.4. The lowest BCUT2D eigenvalue weighted by Gasteiger charge is -2.45. The highest BCUT2D eigenvalue weighted by Crippen LogP contribution is 2.43. The molecule has 1 unspecified atom stereocenters. The van der Waals surface area contributed by atoms with Gasteiger partial charge in [-0.15, -0.1) is 0 Å². The first kappa shape index (κ1) is 35.9. The predicted molar refractivity (Wildman–Crippen MR) is 170 cm³/mol. The molecule has 3 fully saturated rings. The Hall–Kier alpha value is -2.92. The van der Waals surface area contributed by atoms with E-state index in [1.165, 1.54) is 13.1 Å². The molecule has 9 nitrogen and oxygen atoms in total. The van der Waals surface area contributed by atoms with Crippen LogP contribution in [0.2, 0.25) is 0 Å². The second-order valence-corrected chi connectivity index (χ2v) is 15.7. The van der Waals surface area contributed by atoms with Crippen LogP contribution in [0.4, 0.5) is 8.78 Å². The lowest BCUT2D eigenvalue weighted by Crippen LogP contribution is -2.61. The minimum absolute atomic E-state index is 0.0498. The zero-order valence-electron chi connectivity index (χ0n) is 28.7. The molecule has 256 valence electrons. The van der Waals surface area contributed by atoms with Crippen LogP contribution in [0.25, 0.3) is 0 Å². The van der Waals surface area contributed by atoms with E-state index in [0.29, 0.717) is 0 Å². The number of likely N-dealkylation sites (tertiary alicyclic amines) is 2. The van der Waals surface area contributed by atoms with Crippen molar-refractivity contribution in [3.8, 4) is 0 Å². The summed E-state index contributed by atoms with van der Waals surface area (Å²) in [5.41, 5.74) is -0.755. The molecule has 5 atom stereocenters. The fourth-order valence-corrected chi connectivity index (χ4v) is 7.91. The largest absolute Gasteiger partial charge is 0.395 e. The molecule has 0 bridgehead atoms. The molecule has 4 rings (SSSR count). The van der Waals surface area contributed by atoms with Gasteiger partial charge in [0.05, 0.1) is 25.1 Å². The molecular formula is C35H53F2N4O5+. The van der Waals surface area contributed by atoms with Gasteiger partial charge in [-0.05, 0) is 56.6 Å². The summed E-state index contributed by atoms with van der Waals surface area (Å²) in [4.78, 5) is 59.1. The van der Waals surface area contributed by atoms with Crippen LogP contribution in [0.3, 0.4) is 0 Å². The van der Waals surface area contributed by atoms with Gasteiger partial charge in [0.15, 0.2) is 6.04 Å². The SMILES string of the molecule is CNC(=O)[C@@H]1C[C@H](N(C(=O)C(C)(C)CO)C2CCC(C)(C)CC2)C[N+]1(C)C(=O)[C@@H]1CN(C(=O)C(C)C)C[C@H]1c1ccc(F)cc1F. The fourth-order valence-electron chi connectivity index (χ4n) is 7.91. The van der Waals surface area contributed by atoms with E-state index in [2.05, 4.69) is 19.2 Å². The monoisotopic (exact) mass is 647 g/mol. The molecule has 2 N–H and O–H groups in total. The maximum absolute atomic E-state index is 15.2. The van der Waals surface area contributed by atoms with Gasteiger partial charge in [0.25, 0.3) is 5.91 Å². The first-order valence-electron chi connectivity index (χ1n) is 16.7. The minimum Gasteiger partial charge on any atom is -0.395 e. The molecule has 0 radical (unpaired) electrons. The highest BCUT2D eigenvalue weighted by molar-refractivity contribution is 5.87. The molecular weight excluding hydrogens is 594 g/mol. The number of carbonyl (C=O) groups excluding carboxylic acids is 4. The van der Waals surface area contributed by atoms with Gasteiger partial charge in [0.1, 0.15) is 24.1 Å². The quantitative estimate of drug-likeness (QED) is 0.418. The third kappa shape index (κ3) is 6.86. The maximum Gasteiger partial charge on any atom is 0.319 e. The number of benzene rings is 1. The lowest BCUT2D eigenvalue weighted by atomic mass is 9.74. The topological polar surface area (TPSA) is 107 Å². The van der Waals surface area contributed by atoms with Crippen molar-refractivity contribution in [1.29, 1.82) is 0 Å². The number of halogens is 2. The van der Waals surface area contributed by atoms with E-state index < -0.39 is 41.0 Å². The van der Waals surface area contributed by atoms with E-state index in [9.17, 15) is 28.7 Å². The summed E-state index contributed by atoms with van der Waals surface area (Å²) in [6.45, 7) is 11.3. The molecule has 2 aliphatic heterocycles. The number of carbonyl (C=O) groups is 4. The van der Waals surface area contributed by atoms with Crippen LogP contribution in [0.15, 0.2) is 18.2 Å². The molecule has 1 aliphatic carbocycles. The van der Waals surface area contributed by atoms with Crippen LogP contribution in [-0.4, -0.2) is 101 Å². The first-order valence-corrected chi connectivity index (χ1v) is 16.7. The maximum atomic E-state index is 15.2. The molecule has 1 aromatic carbocycles. The summed E-state index contributed by atoms with van der Waals surface area (Å²) in [5.74, 6) is -4.49.